The van der Waals surface area contributed by atoms with Crippen LogP contribution in [-0.4, -0.2) is 41.4 Å². The van der Waals surface area contributed by atoms with Crippen LogP contribution >= 0.6 is 15.9 Å². The van der Waals surface area contributed by atoms with Gasteiger partial charge < -0.3 is 20.1 Å². The van der Waals surface area contributed by atoms with Crippen LogP contribution in [0.2, 0.25) is 0 Å². The van der Waals surface area contributed by atoms with E-state index in [-0.39, 0.29) is 25.3 Å². The molecule has 0 fully saturated rings. The third-order valence-corrected chi connectivity index (χ3v) is 4.61. The first-order valence-electron chi connectivity index (χ1n) is 8.22. The molecule has 2 rings (SSSR count). The normalized spacial score (nSPS) is 14.8. The Morgan fingerprint density at radius 3 is 2.54 bits per heavy atom. The van der Waals surface area contributed by atoms with Crippen molar-refractivity contribution in [3.8, 4) is 5.75 Å². The maximum atomic E-state index is 12.7. The van der Waals surface area contributed by atoms with E-state index in [9.17, 15) is 14.4 Å². The van der Waals surface area contributed by atoms with Gasteiger partial charge in [-0.15, -0.1) is 0 Å². The van der Waals surface area contributed by atoms with Gasteiger partial charge in [-0.05, 0) is 55.3 Å². The Bertz CT molecular complexity index is 742. The molecule has 0 saturated carbocycles. The van der Waals surface area contributed by atoms with E-state index in [0.717, 1.165) is 4.47 Å². The summed E-state index contributed by atoms with van der Waals surface area (Å²) in [4.78, 5) is 38.0. The number of ether oxygens (including phenoxy) is 2. The van der Waals surface area contributed by atoms with Gasteiger partial charge in [0.25, 0.3) is 5.91 Å². The van der Waals surface area contributed by atoms with Gasteiger partial charge in [0.15, 0.2) is 0 Å². The monoisotopic (exact) mass is 426 g/mol. The Kier molecular flexibility index (Phi) is 5.95. The van der Waals surface area contributed by atoms with Gasteiger partial charge in [-0.1, -0.05) is 0 Å². The van der Waals surface area contributed by atoms with Crippen molar-refractivity contribution in [1.82, 2.24) is 4.90 Å². The van der Waals surface area contributed by atoms with Gasteiger partial charge in [-0.2, -0.15) is 0 Å². The first-order valence-corrected chi connectivity index (χ1v) is 9.02. The van der Waals surface area contributed by atoms with Crippen LogP contribution in [0.25, 0.3) is 0 Å². The molecule has 1 heterocycles. The highest BCUT2D eigenvalue weighted by molar-refractivity contribution is 9.10. The quantitative estimate of drug-likeness (QED) is 0.703. The SMILES string of the molecule is COc1c(Br)ccc2c1CN(C(CCC(=O)OC(C)(C)C)C(N)=O)C2=O. The van der Waals surface area contributed by atoms with E-state index in [1.54, 1.807) is 32.9 Å². The van der Waals surface area contributed by atoms with Crippen LogP contribution in [0.3, 0.4) is 0 Å². The topological polar surface area (TPSA) is 98.9 Å². The summed E-state index contributed by atoms with van der Waals surface area (Å²) in [6.07, 6.45) is 0.0965. The van der Waals surface area contributed by atoms with Gasteiger partial charge in [0.05, 0.1) is 18.1 Å². The zero-order valence-corrected chi connectivity index (χ0v) is 16.9. The van der Waals surface area contributed by atoms with Gasteiger partial charge in [-0.3, -0.25) is 14.4 Å². The number of hydrogen-bond donors (Lipinski definition) is 1. The molecule has 8 heteroatoms. The number of primary amides is 1. The molecule has 2 N–H and O–H groups in total. The van der Waals surface area contributed by atoms with Crippen molar-refractivity contribution in [2.45, 2.75) is 51.8 Å². The molecule has 0 radical (unpaired) electrons. The van der Waals surface area contributed by atoms with Crippen LogP contribution in [0.15, 0.2) is 16.6 Å². The smallest absolute Gasteiger partial charge is 0.306 e. The number of hydrogen-bond acceptors (Lipinski definition) is 5. The lowest BCUT2D eigenvalue weighted by Gasteiger charge is -2.26. The fourth-order valence-corrected chi connectivity index (χ4v) is 3.46. The van der Waals surface area contributed by atoms with Crippen LogP contribution in [0.4, 0.5) is 0 Å². The van der Waals surface area contributed by atoms with Crippen LogP contribution < -0.4 is 10.5 Å². The van der Waals surface area contributed by atoms with Gasteiger partial charge in [0.1, 0.15) is 17.4 Å². The van der Waals surface area contributed by atoms with E-state index >= 15 is 0 Å². The zero-order chi connectivity index (χ0) is 19.6. The van der Waals surface area contributed by atoms with E-state index in [1.807, 2.05) is 0 Å². The van der Waals surface area contributed by atoms with E-state index < -0.39 is 23.5 Å². The number of amides is 2. The van der Waals surface area contributed by atoms with E-state index in [4.69, 9.17) is 15.2 Å². The lowest BCUT2D eigenvalue weighted by molar-refractivity contribution is -0.155. The molecule has 1 aromatic carbocycles. The number of fused-ring (bicyclic) bond motifs is 1. The van der Waals surface area contributed by atoms with Crippen LogP contribution in [-0.2, 0) is 20.9 Å². The molecule has 7 nitrogen and oxygen atoms in total. The molecule has 142 valence electrons. The molecule has 1 aliphatic heterocycles. The second-order valence-electron chi connectivity index (χ2n) is 7.08. The molecule has 26 heavy (non-hydrogen) atoms. The standard InChI is InChI=1S/C18H23BrN2O5/c1-18(2,3)26-14(22)8-7-13(16(20)23)21-9-11-10(17(21)24)5-6-12(19)15(11)25-4/h5-6,13H,7-9H2,1-4H3,(H2,20,23). The number of benzene rings is 1. The molecule has 1 unspecified atom stereocenters. The second-order valence-corrected chi connectivity index (χ2v) is 7.94. The number of methoxy groups -OCH3 is 1. The van der Waals surface area contributed by atoms with Crippen molar-refractivity contribution < 1.29 is 23.9 Å². The Morgan fingerprint density at radius 2 is 2.00 bits per heavy atom. The first-order chi connectivity index (χ1) is 12.0. The fraction of sp³-hybridized carbons (Fsp3) is 0.500. The number of carbonyl (C=O) groups excluding carboxylic acids is 3. The molecule has 1 aliphatic rings. The molecule has 0 bridgehead atoms. The summed E-state index contributed by atoms with van der Waals surface area (Å²) >= 11 is 3.39. The first kappa shape index (κ1) is 20.2. The van der Waals surface area contributed by atoms with Crippen molar-refractivity contribution in [3.05, 3.63) is 27.7 Å². The van der Waals surface area contributed by atoms with Crippen molar-refractivity contribution in [1.29, 1.82) is 0 Å². The Balaban J connectivity index is 2.18. The molecule has 0 aliphatic carbocycles. The average molecular weight is 427 g/mol. The number of nitrogens with two attached hydrogens (primary N) is 1. The molecular formula is C18H23BrN2O5. The summed E-state index contributed by atoms with van der Waals surface area (Å²) in [7, 11) is 1.52. The van der Waals surface area contributed by atoms with Crippen LogP contribution in [0.1, 0.15) is 49.5 Å². The Hall–Kier alpha value is -2.09. The average Bonchev–Trinajstić information content (AvgIpc) is 2.82. The number of halogens is 1. The molecular weight excluding hydrogens is 404 g/mol. The molecule has 1 aromatic rings. The summed E-state index contributed by atoms with van der Waals surface area (Å²) in [5, 5.41) is 0. The van der Waals surface area contributed by atoms with E-state index in [1.165, 1.54) is 12.0 Å². The molecule has 1 atom stereocenters. The number of rotatable bonds is 6. The minimum atomic E-state index is -0.897. The van der Waals surface area contributed by atoms with Gasteiger partial charge in [0.2, 0.25) is 5.91 Å². The molecule has 0 saturated heterocycles. The largest absolute Gasteiger partial charge is 0.495 e. The van der Waals surface area contributed by atoms with Gasteiger partial charge >= 0.3 is 5.97 Å². The highest BCUT2D eigenvalue weighted by Crippen LogP contribution is 2.37. The van der Waals surface area contributed by atoms with E-state index in [2.05, 4.69) is 15.9 Å². The second kappa shape index (κ2) is 7.65. The Morgan fingerprint density at radius 1 is 1.35 bits per heavy atom. The lowest BCUT2D eigenvalue weighted by atomic mass is 10.1. The number of nitrogens with zero attached hydrogens (tertiary/aromatic N) is 1. The van der Waals surface area contributed by atoms with Crippen LogP contribution in [0.5, 0.6) is 5.75 Å². The van der Waals surface area contributed by atoms with Crippen LogP contribution in [0, 0.1) is 0 Å². The minimum absolute atomic E-state index is 0.00810. The molecule has 0 aromatic heterocycles. The third kappa shape index (κ3) is 4.35. The predicted octanol–water partition coefficient (Wildman–Crippen LogP) is 2.39. The van der Waals surface area contributed by atoms with Gasteiger partial charge in [0, 0.05) is 17.5 Å². The van der Waals surface area contributed by atoms with Crippen molar-refractivity contribution >= 4 is 33.7 Å². The van der Waals surface area contributed by atoms with Gasteiger partial charge in [-0.25, -0.2) is 0 Å². The summed E-state index contributed by atoms with van der Waals surface area (Å²) in [5.41, 5.74) is 6.05. The zero-order valence-electron chi connectivity index (χ0n) is 15.3. The summed E-state index contributed by atoms with van der Waals surface area (Å²) in [6.45, 7) is 5.49. The fourth-order valence-electron chi connectivity index (χ4n) is 2.92. The van der Waals surface area contributed by atoms with Crippen molar-refractivity contribution in [2.24, 2.45) is 5.73 Å². The maximum absolute atomic E-state index is 12.7. The van der Waals surface area contributed by atoms with Crippen molar-refractivity contribution in [3.63, 3.8) is 0 Å². The number of esters is 1. The highest BCUT2D eigenvalue weighted by Gasteiger charge is 2.37. The summed E-state index contributed by atoms with van der Waals surface area (Å²) < 4.78 is 11.3. The summed E-state index contributed by atoms with van der Waals surface area (Å²) in [6, 6.07) is 2.50. The third-order valence-electron chi connectivity index (χ3n) is 3.98. The van der Waals surface area contributed by atoms with Crippen molar-refractivity contribution in [2.75, 3.05) is 7.11 Å². The molecule has 2 amide bonds. The maximum Gasteiger partial charge on any atom is 0.306 e. The number of carbonyl (C=O) groups is 3. The predicted molar refractivity (Wildman–Crippen MR) is 98.6 cm³/mol. The van der Waals surface area contributed by atoms with E-state index in [0.29, 0.717) is 16.9 Å². The lowest BCUT2D eigenvalue weighted by Crippen LogP contribution is -2.45. The Labute approximate surface area is 160 Å². The highest BCUT2D eigenvalue weighted by atomic mass is 79.9. The molecule has 0 spiro atoms. The minimum Gasteiger partial charge on any atom is -0.495 e. The summed E-state index contributed by atoms with van der Waals surface area (Å²) in [5.74, 6) is -0.853.